The zero-order valence-corrected chi connectivity index (χ0v) is 11.3. The van der Waals surface area contributed by atoms with E-state index in [4.69, 9.17) is 14.4 Å². The Morgan fingerprint density at radius 3 is 2.65 bits per heavy atom. The van der Waals surface area contributed by atoms with Crippen LogP contribution in [0.5, 0.6) is 5.75 Å². The van der Waals surface area contributed by atoms with E-state index in [1.54, 1.807) is 0 Å². The van der Waals surface area contributed by atoms with Crippen LogP contribution in [0.25, 0.3) is 0 Å². The van der Waals surface area contributed by atoms with Crippen LogP contribution in [-0.2, 0) is 13.2 Å². The van der Waals surface area contributed by atoms with Gasteiger partial charge in [-0.2, -0.15) is 4.98 Å². The molecule has 1 aromatic heterocycles. The van der Waals surface area contributed by atoms with Crippen LogP contribution in [-0.4, -0.2) is 15.2 Å². The molecule has 1 aromatic carbocycles. The highest BCUT2D eigenvalue weighted by atomic mass is 16.5. The van der Waals surface area contributed by atoms with Crippen molar-refractivity contribution in [2.24, 2.45) is 0 Å². The molecule has 0 bridgehead atoms. The minimum atomic E-state index is 0.0364. The summed E-state index contributed by atoms with van der Waals surface area (Å²) in [6, 6.07) is 7.29. The summed E-state index contributed by atoms with van der Waals surface area (Å²) in [4.78, 5) is 4.40. The lowest BCUT2D eigenvalue weighted by Crippen LogP contribution is -1.98. The summed E-state index contributed by atoms with van der Waals surface area (Å²) in [5.41, 5.74) is 0.860. The smallest absolute Gasteiger partial charge is 0.264 e. The van der Waals surface area contributed by atoms with Gasteiger partial charge in [-0.3, -0.25) is 0 Å². The van der Waals surface area contributed by atoms with E-state index in [1.807, 2.05) is 24.3 Å². The monoisotopic (exact) mass is 274 g/mol. The molecule has 3 rings (SSSR count). The van der Waals surface area contributed by atoms with Crippen LogP contribution in [0, 0.1) is 0 Å². The minimum absolute atomic E-state index is 0.0364. The molecule has 0 atom stereocenters. The third-order valence-electron chi connectivity index (χ3n) is 3.67. The quantitative estimate of drug-likeness (QED) is 0.908. The molecule has 1 aliphatic carbocycles. The minimum Gasteiger partial charge on any atom is -0.484 e. The largest absolute Gasteiger partial charge is 0.484 e. The fraction of sp³-hybridized carbons (Fsp3) is 0.467. The number of ether oxygens (including phenoxy) is 1. The molecule has 1 heterocycles. The zero-order valence-electron chi connectivity index (χ0n) is 11.3. The predicted octanol–water partition coefficient (Wildman–Crippen LogP) is 2.80. The lowest BCUT2D eigenvalue weighted by molar-refractivity contribution is 0.242. The number of aromatic nitrogens is 2. The van der Waals surface area contributed by atoms with E-state index >= 15 is 0 Å². The van der Waals surface area contributed by atoms with E-state index in [-0.39, 0.29) is 13.2 Å². The van der Waals surface area contributed by atoms with Crippen LogP contribution in [0.2, 0.25) is 0 Å². The maximum atomic E-state index is 8.97. The Labute approximate surface area is 117 Å². The molecular weight excluding hydrogens is 256 g/mol. The van der Waals surface area contributed by atoms with Gasteiger partial charge in [0.1, 0.15) is 5.75 Å². The highest BCUT2D eigenvalue weighted by Gasteiger charge is 2.22. The molecule has 0 amide bonds. The van der Waals surface area contributed by atoms with E-state index < -0.39 is 0 Å². The Hall–Kier alpha value is -1.88. The molecule has 1 aliphatic rings. The van der Waals surface area contributed by atoms with Crippen LogP contribution in [0.3, 0.4) is 0 Å². The average Bonchev–Trinajstić information content (AvgIpc) is 3.16. The molecule has 106 valence electrons. The lowest BCUT2D eigenvalue weighted by Gasteiger charge is -2.03. The second-order valence-electron chi connectivity index (χ2n) is 5.12. The Bertz CT molecular complexity index is 545. The zero-order chi connectivity index (χ0) is 13.8. The molecule has 0 unspecified atom stereocenters. The van der Waals surface area contributed by atoms with Gasteiger partial charge in [-0.25, -0.2) is 0 Å². The van der Waals surface area contributed by atoms with Gasteiger partial charge < -0.3 is 14.4 Å². The Morgan fingerprint density at radius 2 is 1.95 bits per heavy atom. The molecule has 20 heavy (non-hydrogen) atoms. The van der Waals surface area contributed by atoms with Gasteiger partial charge in [0.05, 0.1) is 6.61 Å². The van der Waals surface area contributed by atoms with Gasteiger partial charge in [-0.05, 0) is 30.5 Å². The van der Waals surface area contributed by atoms with Crippen molar-refractivity contribution in [3.63, 3.8) is 0 Å². The molecule has 0 spiro atoms. The Morgan fingerprint density at radius 1 is 1.20 bits per heavy atom. The Kier molecular flexibility index (Phi) is 3.97. The highest BCUT2D eigenvalue weighted by Crippen LogP contribution is 2.32. The first-order chi connectivity index (χ1) is 9.85. The van der Waals surface area contributed by atoms with Crippen LogP contribution >= 0.6 is 0 Å². The highest BCUT2D eigenvalue weighted by molar-refractivity contribution is 5.26. The average molecular weight is 274 g/mol. The molecule has 1 saturated carbocycles. The third-order valence-corrected chi connectivity index (χ3v) is 3.67. The maximum absolute atomic E-state index is 8.97. The number of hydrogen-bond acceptors (Lipinski definition) is 5. The summed E-state index contributed by atoms with van der Waals surface area (Å²) in [7, 11) is 0. The van der Waals surface area contributed by atoms with Crippen LogP contribution < -0.4 is 4.74 Å². The number of aliphatic hydroxyl groups excluding tert-OH is 1. The first kappa shape index (κ1) is 13.1. The molecule has 1 fully saturated rings. The van der Waals surface area contributed by atoms with E-state index in [1.165, 1.54) is 12.8 Å². The van der Waals surface area contributed by atoms with Crippen LogP contribution in [0.15, 0.2) is 28.8 Å². The summed E-state index contributed by atoms with van der Waals surface area (Å²) in [6.07, 6.45) is 4.81. The molecule has 0 saturated heterocycles. The van der Waals surface area contributed by atoms with Crippen LogP contribution in [0.1, 0.15) is 48.9 Å². The first-order valence-electron chi connectivity index (χ1n) is 7.00. The maximum Gasteiger partial charge on any atom is 0.264 e. The van der Waals surface area contributed by atoms with E-state index in [0.717, 1.165) is 30.0 Å². The number of hydrogen-bond donors (Lipinski definition) is 1. The number of benzene rings is 1. The Balaban J connectivity index is 1.57. The van der Waals surface area contributed by atoms with Crippen molar-refractivity contribution < 1.29 is 14.4 Å². The van der Waals surface area contributed by atoms with Crippen molar-refractivity contribution in [1.82, 2.24) is 10.1 Å². The van der Waals surface area contributed by atoms with Gasteiger partial charge in [0.2, 0.25) is 0 Å². The summed E-state index contributed by atoms with van der Waals surface area (Å²) < 4.78 is 10.8. The fourth-order valence-electron chi connectivity index (χ4n) is 2.51. The SMILES string of the molecule is OCc1ccc(OCc2nc(C3CCCC3)no2)cc1. The van der Waals surface area contributed by atoms with Gasteiger partial charge in [0.25, 0.3) is 5.89 Å². The number of rotatable bonds is 5. The van der Waals surface area contributed by atoms with E-state index in [0.29, 0.717) is 11.8 Å². The van der Waals surface area contributed by atoms with Gasteiger partial charge in [0.15, 0.2) is 12.4 Å². The van der Waals surface area contributed by atoms with Crippen molar-refractivity contribution in [1.29, 1.82) is 0 Å². The fourth-order valence-corrected chi connectivity index (χ4v) is 2.51. The summed E-state index contributed by atoms with van der Waals surface area (Å²) >= 11 is 0. The predicted molar refractivity (Wildman–Crippen MR) is 72.2 cm³/mol. The molecule has 1 N–H and O–H groups in total. The molecule has 2 aromatic rings. The van der Waals surface area contributed by atoms with E-state index in [9.17, 15) is 0 Å². The standard InChI is InChI=1S/C15H18N2O3/c18-9-11-5-7-13(8-6-11)19-10-14-16-15(17-20-14)12-3-1-2-4-12/h5-8,12,18H,1-4,9-10H2. The van der Waals surface area contributed by atoms with Crippen molar-refractivity contribution in [2.75, 3.05) is 0 Å². The number of aliphatic hydroxyl groups is 1. The topological polar surface area (TPSA) is 68.4 Å². The summed E-state index contributed by atoms with van der Waals surface area (Å²) in [6.45, 7) is 0.312. The summed E-state index contributed by atoms with van der Waals surface area (Å²) in [5.74, 6) is 2.51. The molecule has 0 radical (unpaired) electrons. The first-order valence-corrected chi connectivity index (χ1v) is 7.00. The van der Waals surface area contributed by atoms with Crippen molar-refractivity contribution >= 4 is 0 Å². The second kappa shape index (κ2) is 6.05. The van der Waals surface area contributed by atoms with Gasteiger partial charge >= 0.3 is 0 Å². The molecule has 5 heteroatoms. The molecular formula is C15H18N2O3. The lowest BCUT2D eigenvalue weighted by atomic mass is 10.1. The van der Waals surface area contributed by atoms with Crippen molar-refractivity contribution in [2.45, 2.75) is 44.8 Å². The van der Waals surface area contributed by atoms with Gasteiger partial charge in [-0.15, -0.1) is 0 Å². The second-order valence-corrected chi connectivity index (χ2v) is 5.12. The summed E-state index contributed by atoms with van der Waals surface area (Å²) in [5, 5.41) is 13.0. The third kappa shape index (κ3) is 2.99. The molecule has 5 nitrogen and oxygen atoms in total. The van der Waals surface area contributed by atoms with Crippen LogP contribution in [0.4, 0.5) is 0 Å². The van der Waals surface area contributed by atoms with E-state index in [2.05, 4.69) is 10.1 Å². The van der Waals surface area contributed by atoms with Crippen molar-refractivity contribution in [3.8, 4) is 5.75 Å². The normalized spacial score (nSPS) is 15.7. The number of nitrogens with zero attached hydrogens (tertiary/aromatic N) is 2. The van der Waals surface area contributed by atoms with Gasteiger partial charge in [0, 0.05) is 5.92 Å². The van der Waals surface area contributed by atoms with Crippen molar-refractivity contribution in [3.05, 3.63) is 41.5 Å². The van der Waals surface area contributed by atoms with Gasteiger partial charge in [-0.1, -0.05) is 30.1 Å². The molecule has 0 aliphatic heterocycles.